The van der Waals surface area contributed by atoms with Gasteiger partial charge in [-0.25, -0.2) is 24.0 Å². The molecule has 2 atom stereocenters. The lowest BCUT2D eigenvalue weighted by molar-refractivity contribution is 0.188. The molecule has 0 radical (unpaired) electrons. The largest absolute Gasteiger partial charge is 0.307 e. The molecule has 2 heterocycles. The highest BCUT2D eigenvalue weighted by Gasteiger charge is 2.29. The van der Waals surface area contributed by atoms with Gasteiger partial charge < -0.3 is 10.3 Å². The highest BCUT2D eigenvalue weighted by Crippen LogP contribution is 2.23. The highest BCUT2D eigenvalue weighted by atomic mass is 35.5. The van der Waals surface area contributed by atoms with Crippen LogP contribution in [0.3, 0.4) is 0 Å². The number of nitrogens with zero attached hydrogens (tertiary/aromatic N) is 2. The van der Waals surface area contributed by atoms with E-state index in [4.69, 9.17) is 17.4 Å². The van der Waals surface area contributed by atoms with Gasteiger partial charge >= 0.3 is 0 Å². The quantitative estimate of drug-likeness (QED) is 0.552. The van der Waals surface area contributed by atoms with Crippen LogP contribution < -0.4 is 16.0 Å². The Morgan fingerprint density at radius 3 is 2.81 bits per heavy atom. The smallest absolute Gasteiger partial charge is 0.242 e. The molecule has 7 nitrogen and oxygen atoms in total. The number of nitrogens with two attached hydrogens (primary N) is 1. The van der Waals surface area contributed by atoms with Gasteiger partial charge in [0.2, 0.25) is 10.0 Å². The first-order valence-electron chi connectivity index (χ1n) is 6.66. The summed E-state index contributed by atoms with van der Waals surface area (Å²) in [4.78, 5) is 6.12. The van der Waals surface area contributed by atoms with E-state index in [1.54, 1.807) is 0 Å². The van der Waals surface area contributed by atoms with E-state index in [0.717, 1.165) is 19.5 Å². The van der Waals surface area contributed by atoms with Crippen molar-refractivity contribution < 1.29 is 8.42 Å². The Kier molecular flexibility index (Phi) is 5.05. The number of hydrazine groups is 1. The number of hydrogen-bond donors (Lipinski definition) is 3. The molecule has 2 rings (SSSR count). The van der Waals surface area contributed by atoms with Gasteiger partial charge in [-0.2, -0.15) is 0 Å². The number of aromatic nitrogens is 1. The number of sulfonamides is 1. The molecular weight excluding hydrogens is 314 g/mol. The van der Waals surface area contributed by atoms with Crippen LogP contribution in [0.5, 0.6) is 0 Å². The van der Waals surface area contributed by atoms with Crippen LogP contribution >= 0.6 is 11.6 Å². The van der Waals surface area contributed by atoms with Gasteiger partial charge in [-0.05, 0) is 32.0 Å². The fraction of sp³-hybridized carbons (Fsp3) is 0.583. The zero-order valence-electron chi connectivity index (χ0n) is 12.0. The standard InChI is InChI=1S/C12H20ClN5O2S/c1-8-7-18(2)4-3-11(8)17-21(19,20)9-5-10(13)12(16-14)15-6-9/h5-6,8,11,17H,3-4,7,14H2,1-2H3,(H,15,16). The van der Waals surface area contributed by atoms with E-state index in [1.165, 1.54) is 12.3 Å². The Bertz CT molecular complexity index is 610. The molecule has 0 saturated carbocycles. The number of nitrogens with one attached hydrogen (secondary N) is 2. The summed E-state index contributed by atoms with van der Waals surface area (Å²) in [6.45, 7) is 3.77. The lowest BCUT2D eigenvalue weighted by atomic mass is 9.95. The predicted molar refractivity (Wildman–Crippen MR) is 82.4 cm³/mol. The second-order valence-corrected chi connectivity index (χ2v) is 7.52. The van der Waals surface area contributed by atoms with Crippen molar-refractivity contribution in [1.29, 1.82) is 0 Å². The topological polar surface area (TPSA) is 100 Å². The Labute approximate surface area is 129 Å². The fourth-order valence-corrected chi connectivity index (χ4v) is 4.10. The molecule has 2 unspecified atom stereocenters. The van der Waals surface area contributed by atoms with Gasteiger partial charge in [0, 0.05) is 18.8 Å². The van der Waals surface area contributed by atoms with E-state index in [9.17, 15) is 8.42 Å². The van der Waals surface area contributed by atoms with Gasteiger partial charge in [0.05, 0.1) is 5.02 Å². The summed E-state index contributed by atoms with van der Waals surface area (Å²) in [5, 5.41) is 0.164. The summed E-state index contributed by atoms with van der Waals surface area (Å²) in [5.74, 6) is 5.71. The Morgan fingerprint density at radius 2 is 2.24 bits per heavy atom. The molecule has 0 bridgehead atoms. The normalized spacial score (nSPS) is 24.0. The average Bonchev–Trinajstić information content (AvgIpc) is 2.42. The number of pyridine rings is 1. The van der Waals surface area contributed by atoms with Crippen molar-refractivity contribution in [3.05, 3.63) is 17.3 Å². The number of halogens is 1. The molecule has 1 fully saturated rings. The third-order valence-corrected chi connectivity index (χ3v) is 5.42. The second-order valence-electron chi connectivity index (χ2n) is 5.40. The highest BCUT2D eigenvalue weighted by molar-refractivity contribution is 7.89. The molecular formula is C12H20ClN5O2S. The first kappa shape index (κ1) is 16.4. The van der Waals surface area contributed by atoms with Crippen LogP contribution in [-0.4, -0.2) is 44.5 Å². The van der Waals surface area contributed by atoms with Gasteiger partial charge in [-0.15, -0.1) is 0 Å². The molecule has 1 aromatic heterocycles. The van der Waals surface area contributed by atoms with Gasteiger partial charge in [0.25, 0.3) is 0 Å². The monoisotopic (exact) mass is 333 g/mol. The third kappa shape index (κ3) is 3.83. The second kappa shape index (κ2) is 6.45. The van der Waals surface area contributed by atoms with E-state index < -0.39 is 10.0 Å². The number of nitrogen functional groups attached to an aromatic ring is 1. The van der Waals surface area contributed by atoms with E-state index in [1.807, 2.05) is 14.0 Å². The van der Waals surface area contributed by atoms with Crippen LogP contribution in [0.1, 0.15) is 13.3 Å². The van der Waals surface area contributed by atoms with Crippen molar-refractivity contribution in [3.8, 4) is 0 Å². The summed E-state index contributed by atoms with van der Waals surface area (Å²) >= 11 is 5.92. The summed E-state index contributed by atoms with van der Waals surface area (Å²) in [5.41, 5.74) is 2.30. The molecule has 1 aliphatic heterocycles. The van der Waals surface area contributed by atoms with Crippen molar-refractivity contribution in [3.63, 3.8) is 0 Å². The maximum Gasteiger partial charge on any atom is 0.242 e. The van der Waals surface area contributed by atoms with Crippen molar-refractivity contribution in [2.75, 3.05) is 25.6 Å². The van der Waals surface area contributed by atoms with Crippen LogP contribution in [0.25, 0.3) is 0 Å². The average molecular weight is 334 g/mol. The number of hydrogen-bond acceptors (Lipinski definition) is 6. The van der Waals surface area contributed by atoms with Crippen LogP contribution in [0.4, 0.5) is 5.82 Å². The zero-order chi connectivity index (χ0) is 15.6. The minimum Gasteiger partial charge on any atom is -0.307 e. The lowest BCUT2D eigenvalue weighted by Crippen LogP contribution is -2.48. The summed E-state index contributed by atoms with van der Waals surface area (Å²) in [6.07, 6.45) is 2.02. The molecule has 1 saturated heterocycles. The summed E-state index contributed by atoms with van der Waals surface area (Å²) in [6, 6.07) is 1.25. The van der Waals surface area contributed by atoms with Gasteiger partial charge in [0.15, 0.2) is 5.82 Å². The van der Waals surface area contributed by atoms with Crippen LogP contribution in [-0.2, 0) is 10.0 Å². The predicted octanol–water partition coefficient (Wildman–Crippen LogP) is 0.639. The van der Waals surface area contributed by atoms with Gasteiger partial charge in [-0.1, -0.05) is 18.5 Å². The maximum atomic E-state index is 12.4. The van der Waals surface area contributed by atoms with Crippen molar-refractivity contribution in [1.82, 2.24) is 14.6 Å². The van der Waals surface area contributed by atoms with Crippen LogP contribution in [0, 0.1) is 5.92 Å². The molecule has 21 heavy (non-hydrogen) atoms. The van der Waals surface area contributed by atoms with E-state index in [0.29, 0.717) is 0 Å². The number of piperidine rings is 1. The van der Waals surface area contributed by atoms with Crippen LogP contribution in [0.15, 0.2) is 17.2 Å². The van der Waals surface area contributed by atoms with Gasteiger partial charge in [-0.3, -0.25) is 0 Å². The summed E-state index contributed by atoms with van der Waals surface area (Å²) in [7, 11) is -1.61. The van der Waals surface area contributed by atoms with Crippen molar-refractivity contribution in [2.24, 2.45) is 11.8 Å². The number of likely N-dealkylation sites (tertiary alicyclic amines) is 1. The van der Waals surface area contributed by atoms with E-state index in [-0.39, 0.29) is 27.7 Å². The van der Waals surface area contributed by atoms with E-state index >= 15 is 0 Å². The third-order valence-electron chi connectivity index (χ3n) is 3.68. The van der Waals surface area contributed by atoms with E-state index in [2.05, 4.69) is 20.0 Å². The molecule has 0 aromatic carbocycles. The number of rotatable bonds is 4. The zero-order valence-corrected chi connectivity index (χ0v) is 13.6. The minimum absolute atomic E-state index is 0.0395. The van der Waals surface area contributed by atoms with Crippen LogP contribution in [0.2, 0.25) is 5.02 Å². The first-order chi connectivity index (χ1) is 9.83. The SMILES string of the molecule is CC1CN(C)CCC1NS(=O)(=O)c1cnc(NN)c(Cl)c1. The molecule has 0 aliphatic carbocycles. The Hall–Kier alpha value is -0.930. The molecule has 0 amide bonds. The molecule has 118 valence electrons. The maximum absolute atomic E-state index is 12.4. The van der Waals surface area contributed by atoms with Gasteiger partial charge in [0.1, 0.15) is 4.90 Å². The lowest BCUT2D eigenvalue weighted by Gasteiger charge is -2.34. The minimum atomic E-state index is -3.64. The summed E-state index contributed by atoms with van der Waals surface area (Å²) < 4.78 is 27.6. The fourth-order valence-electron chi connectivity index (χ4n) is 2.47. The molecule has 4 N–H and O–H groups in total. The first-order valence-corrected chi connectivity index (χ1v) is 8.52. The van der Waals surface area contributed by atoms with Crippen molar-refractivity contribution in [2.45, 2.75) is 24.3 Å². The molecule has 1 aliphatic rings. The van der Waals surface area contributed by atoms with Crippen molar-refractivity contribution >= 4 is 27.4 Å². The molecule has 9 heteroatoms. The Balaban J connectivity index is 2.17. The molecule has 0 spiro atoms. The Morgan fingerprint density at radius 1 is 1.52 bits per heavy atom. The number of anilines is 1. The molecule has 1 aromatic rings.